The summed E-state index contributed by atoms with van der Waals surface area (Å²) in [5, 5.41) is 11.8. The van der Waals surface area contributed by atoms with Gasteiger partial charge < -0.3 is 16.2 Å². The first kappa shape index (κ1) is 14.2. The molecule has 0 radical (unpaired) electrons. The molecule has 98 valence electrons. The first-order valence-corrected chi connectivity index (χ1v) is 5.72. The molecule has 0 unspecified atom stereocenters. The summed E-state index contributed by atoms with van der Waals surface area (Å²) in [7, 11) is 0. The van der Waals surface area contributed by atoms with Crippen LogP contribution >= 0.6 is 0 Å². The van der Waals surface area contributed by atoms with Gasteiger partial charge in [-0.2, -0.15) is 0 Å². The normalized spacial score (nSPS) is 11.1. The SMILES string of the molecule is CC(C)(C(=O)O)c1ccc(NC(=O)CCN)cc1. The molecule has 0 fully saturated rings. The summed E-state index contributed by atoms with van der Waals surface area (Å²) >= 11 is 0. The van der Waals surface area contributed by atoms with Crippen molar-refractivity contribution in [3.63, 3.8) is 0 Å². The van der Waals surface area contributed by atoms with E-state index in [1.54, 1.807) is 38.1 Å². The Morgan fingerprint density at radius 1 is 1.28 bits per heavy atom. The van der Waals surface area contributed by atoms with Gasteiger partial charge in [0.05, 0.1) is 5.41 Å². The van der Waals surface area contributed by atoms with Crippen molar-refractivity contribution < 1.29 is 14.7 Å². The standard InChI is InChI=1S/C13H18N2O3/c1-13(2,12(17)18)9-3-5-10(6-4-9)15-11(16)7-8-14/h3-6H,7-8,14H2,1-2H3,(H,15,16)(H,17,18). The van der Waals surface area contributed by atoms with Gasteiger partial charge in [-0.3, -0.25) is 9.59 Å². The Bertz CT molecular complexity index is 438. The molecule has 0 atom stereocenters. The van der Waals surface area contributed by atoms with Crippen LogP contribution in [0.15, 0.2) is 24.3 Å². The van der Waals surface area contributed by atoms with Crippen LogP contribution in [-0.4, -0.2) is 23.5 Å². The van der Waals surface area contributed by atoms with Gasteiger partial charge in [-0.15, -0.1) is 0 Å². The molecule has 0 aromatic heterocycles. The van der Waals surface area contributed by atoms with Crippen LogP contribution in [-0.2, 0) is 15.0 Å². The van der Waals surface area contributed by atoms with Crippen molar-refractivity contribution in [3.05, 3.63) is 29.8 Å². The highest BCUT2D eigenvalue weighted by Crippen LogP contribution is 2.24. The third-order valence-corrected chi connectivity index (χ3v) is 2.80. The second kappa shape index (κ2) is 5.64. The topological polar surface area (TPSA) is 92.4 Å². The lowest BCUT2D eigenvalue weighted by Gasteiger charge is -2.19. The van der Waals surface area contributed by atoms with Gasteiger partial charge >= 0.3 is 5.97 Å². The van der Waals surface area contributed by atoms with Crippen LogP contribution in [0.2, 0.25) is 0 Å². The fourth-order valence-electron chi connectivity index (χ4n) is 1.45. The Kier molecular flexibility index (Phi) is 4.44. The highest BCUT2D eigenvalue weighted by Gasteiger charge is 2.29. The molecule has 0 aliphatic rings. The third kappa shape index (κ3) is 3.30. The minimum atomic E-state index is -0.945. The summed E-state index contributed by atoms with van der Waals surface area (Å²) in [5.41, 5.74) is 5.65. The highest BCUT2D eigenvalue weighted by molar-refractivity contribution is 5.91. The number of anilines is 1. The number of rotatable bonds is 5. The van der Waals surface area contributed by atoms with E-state index in [9.17, 15) is 9.59 Å². The molecule has 0 saturated heterocycles. The van der Waals surface area contributed by atoms with Crippen LogP contribution in [0.1, 0.15) is 25.8 Å². The second-order valence-electron chi connectivity index (χ2n) is 4.59. The van der Waals surface area contributed by atoms with Crippen LogP contribution in [0, 0.1) is 0 Å². The maximum absolute atomic E-state index is 11.3. The first-order chi connectivity index (χ1) is 8.37. The molecule has 1 rings (SSSR count). The lowest BCUT2D eigenvalue weighted by atomic mass is 9.85. The molecule has 0 aliphatic carbocycles. The van der Waals surface area contributed by atoms with Crippen LogP contribution in [0.3, 0.4) is 0 Å². The molecular formula is C13H18N2O3. The largest absolute Gasteiger partial charge is 0.481 e. The van der Waals surface area contributed by atoms with Crippen LogP contribution in [0.5, 0.6) is 0 Å². The van der Waals surface area contributed by atoms with Gasteiger partial charge in [-0.05, 0) is 31.5 Å². The number of carbonyl (C=O) groups excluding carboxylic acids is 1. The Balaban J connectivity index is 2.80. The number of carboxylic acids is 1. The lowest BCUT2D eigenvalue weighted by molar-refractivity contribution is -0.142. The average molecular weight is 250 g/mol. The van der Waals surface area contributed by atoms with E-state index in [-0.39, 0.29) is 12.3 Å². The highest BCUT2D eigenvalue weighted by atomic mass is 16.4. The number of amides is 1. The zero-order valence-electron chi connectivity index (χ0n) is 10.6. The number of hydrogen-bond acceptors (Lipinski definition) is 3. The number of benzene rings is 1. The maximum atomic E-state index is 11.3. The molecule has 0 saturated carbocycles. The van der Waals surface area contributed by atoms with Gasteiger partial charge in [0.2, 0.25) is 5.91 Å². The van der Waals surface area contributed by atoms with Gasteiger partial charge in [0.25, 0.3) is 0 Å². The van der Waals surface area contributed by atoms with Crippen molar-refractivity contribution in [2.45, 2.75) is 25.7 Å². The molecular weight excluding hydrogens is 232 g/mol. The molecule has 0 bridgehead atoms. The summed E-state index contributed by atoms with van der Waals surface area (Å²) in [6, 6.07) is 6.78. The van der Waals surface area contributed by atoms with Gasteiger partial charge in [0.1, 0.15) is 0 Å². The van der Waals surface area contributed by atoms with E-state index in [1.807, 2.05) is 0 Å². The molecule has 18 heavy (non-hydrogen) atoms. The smallest absolute Gasteiger partial charge is 0.313 e. The summed E-state index contributed by atoms with van der Waals surface area (Å²) in [5.74, 6) is -1.04. The Morgan fingerprint density at radius 3 is 2.28 bits per heavy atom. The Morgan fingerprint density at radius 2 is 1.83 bits per heavy atom. The first-order valence-electron chi connectivity index (χ1n) is 5.72. The lowest BCUT2D eigenvalue weighted by Crippen LogP contribution is -2.28. The Labute approximate surface area is 106 Å². The fourth-order valence-corrected chi connectivity index (χ4v) is 1.45. The summed E-state index contributed by atoms with van der Waals surface area (Å²) in [6.07, 6.45) is 0.266. The van der Waals surface area contributed by atoms with Crippen molar-refractivity contribution >= 4 is 17.6 Å². The zero-order chi connectivity index (χ0) is 13.8. The quantitative estimate of drug-likeness (QED) is 0.735. The molecule has 1 aromatic carbocycles. The molecule has 1 aromatic rings. The number of hydrogen-bond donors (Lipinski definition) is 3. The predicted molar refractivity (Wildman–Crippen MR) is 69.4 cm³/mol. The van der Waals surface area contributed by atoms with Crippen molar-refractivity contribution in [3.8, 4) is 0 Å². The summed E-state index contributed by atoms with van der Waals surface area (Å²) in [4.78, 5) is 22.4. The minimum Gasteiger partial charge on any atom is -0.481 e. The van der Waals surface area contributed by atoms with E-state index < -0.39 is 11.4 Å². The van der Waals surface area contributed by atoms with Crippen LogP contribution in [0.25, 0.3) is 0 Å². The van der Waals surface area contributed by atoms with Gasteiger partial charge in [-0.25, -0.2) is 0 Å². The number of nitrogens with two attached hydrogens (primary N) is 1. The number of carbonyl (C=O) groups is 2. The van der Waals surface area contributed by atoms with Crippen molar-refractivity contribution in [1.29, 1.82) is 0 Å². The van der Waals surface area contributed by atoms with E-state index in [1.165, 1.54) is 0 Å². The fraction of sp³-hybridized carbons (Fsp3) is 0.385. The molecule has 0 spiro atoms. The number of carboxylic acid groups (broad SMARTS) is 1. The monoisotopic (exact) mass is 250 g/mol. The van der Waals surface area contributed by atoms with E-state index in [0.29, 0.717) is 17.8 Å². The number of nitrogens with one attached hydrogen (secondary N) is 1. The molecule has 0 heterocycles. The molecule has 0 aliphatic heterocycles. The summed E-state index contributed by atoms with van der Waals surface area (Å²) in [6.45, 7) is 3.57. The zero-order valence-corrected chi connectivity index (χ0v) is 10.6. The molecule has 1 amide bonds. The minimum absolute atomic E-state index is 0.150. The van der Waals surface area contributed by atoms with Crippen molar-refractivity contribution in [1.82, 2.24) is 0 Å². The van der Waals surface area contributed by atoms with Gasteiger partial charge in [-0.1, -0.05) is 12.1 Å². The van der Waals surface area contributed by atoms with Crippen LogP contribution in [0.4, 0.5) is 5.69 Å². The van der Waals surface area contributed by atoms with Gasteiger partial charge in [0, 0.05) is 18.7 Å². The summed E-state index contributed by atoms with van der Waals surface area (Å²) < 4.78 is 0. The third-order valence-electron chi connectivity index (χ3n) is 2.80. The second-order valence-corrected chi connectivity index (χ2v) is 4.59. The van der Waals surface area contributed by atoms with Crippen molar-refractivity contribution in [2.24, 2.45) is 5.73 Å². The Hall–Kier alpha value is -1.88. The van der Waals surface area contributed by atoms with E-state index in [0.717, 1.165) is 0 Å². The maximum Gasteiger partial charge on any atom is 0.313 e. The molecule has 5 nitrogen and oxygen atoms in total. The molecule has 4 N–H and O–H groups in total. The predicted octanol–water partition coefficient (Wildman–Crippen LogP) is 1.34. The van der Waals surface area contributed by atoms with E-state index in [4.69, 9.17) is 10.8 Å². The number of aliphatic carboxylic acids is 1. The van der Waals surface area contributed by atoms with E-state index >= 15 is 0 Å². The van der Waals surface area contributed by atoms with Gasteiger partial charge in [0.15, 0.2) is 0 Å². The average Bonchev–Trinajstić information content (AvgIpc) is 2.29. The van der Waals surface area contributed by atoms with Crippen LogP contribution < -0.4 is 11.1 Å². The van der Waals surface area contributed by atoms with Crippen molar-refractivity contribution in [2.75, 3.05) is 11.9 Å². The van der Waals surface area contributed by atoms with E-state index in [2.05, 4.69) is 5.32 Å². The molecule has 5 heteroatoms.